The molecule has 0 bridgehead atoms. The van der Waals surface area contributed by atoms with Crippen molar-refractivity contribution in [1.82, 2.24) is 20.0 Å². The molecule has 2 heterocycles. The number of H-pyrrole nitrogens is 1. The maximum Gasteiger partial charge on any atom is 0.258 e. The lowest BCUT2D eigenvalue weighted by atomic mass is 10.1. The predicted octanol–water partition coefficient (Wildman–Crippen LogP) is 2.96. The summed E-state index contributed by atoms with van der Waals surface area (Å²) in [7, 11) is 1.77. The maximum atomic E-state index is 12.3. The average Bonchev–Trinajstić information content (AvgIpc) is 3.16. The fourth-order valence-electron chi connectivity index (χ4n) is 3.14. The van der Waals surface area contributed by atoms with Crippen molar-refractivity contribution in [3.63, 3.8) is 0 Å². The highest BCUT2D eigenvalue weighted by Crippen LogP contribution is 2.22. The summed E-state index contributed by atoms with van der Waals surface area (Å²) < 4.78 is 5.22. The number of aromatic nitrogens is 3. The van der Waals surface area contributed by atoms with Crippen molar-refractivity contribution in [2.45, 2.75) is 13.5 Å². The Morgan fingerprint density at radius 3 is 2.73 bits per heavy atom. The SMILES string of the molecule is Cc1ccc(-c2cc(NC(=O)CN(C)Cc3nc4ccccc4c(=O)[nH]3)on2)cc1. The third kappa shape index (κ3) is 4.44. The van der Waals surface area contributed by atoms with E-state index in [0.29, 0.717) is 29.0 Å². The average molecular weight is 403 g/mol. The van der Waals surface area contributed by atoms with Gasteiger partial charge in [-0.25, -0.2) is 4.98 Å². The van der Waals surface area contributed by atoms with Crippen LogP contribution in [0.2, 0.25) is 0 Å². The smallest absolute Gasteiger partial charge is 0.258 e. The lowest BCUT2D eigenvalue weighted by Gasteiger charge is -2.15. The number of aryl methyl sites for hydroxylation is 1. The van der Waals surface area contributed by atoms with Gasteiger partial charge in [0, 0.05) is 11.6 Å². The zero-order chi connectivity index (χ0) is 21.1. The molecule has 0 spiro atoms. The Hall–Kier alpha value is -3.78. The van der Waals surface area contributed by atoms with Crippen LogP contribution in [0.4, 0.5) is 5.88 Å². The van der Waals surface area contributed by atoms with Gasteiger partial charge in [0.1, 0.15) is 11.5 Å². The van der Waals surface area contributed by atoms with Gasteiger partial charge in [0.05, 0.1) is 24.0 Å². The van der Waals surface area contributed by atoms with Crippen molar-refractivity contribution in [3.8, 4) is 11.3 Å². The van der Waals surface area contributed by atoms with E-state index in [-0.39, 0.29) is 23.9 Å². The zero-order valence-electron chi connectivity index (χ0n) is 16.7. The van der Waals surface area contributed by atoms with E-state index in [4.69, 9.17) is 4.52 Å². The predicted molar refractivity (Wildman–Crippen MR) is 114 cm³/mol. The van der Waals surface area contributed by atoms with Crippen LogP contribution < -0.4 is 10.9 Å². The van der Waals surface area contributed by atoms with E-state index >= 15 is 0 Å². The van der Waals surface area contributed by atoms with E-state index in [9.17, 15) is 9.59 Å². The summed E-state index contributed by atoms with van der Waals surface area (Å²) in [5.74, 6) is 0.517. The number of nitrogens with one attached hydrogen (secondary N) is 2. The number of para-hydroxylation sites is 1. The molecule has 30 heavy (non-hydrogen) atoms. The number of hydrogen-bond donors (Lipinski definition) is 2. The van der Waals surface area contributed by atoms with Crippen molar-refractivity contribution in [2.24, 2.45) is 0 Å². The number of nitrogens with zero attached hydrogens (tertiary/aromatic N) is 3. The largest absolute Gasteiger partial charge is 0.338 e. The number of likely N-dealkylation sites (N-methyl/N-ethyl adjacent to an activating group) is 1. The lowest BCUT2D eigenvalue weighted by molar-refractivity contribution is -0.117. The first-order valence-corrected chi connectivity index (χ1v) is 9.48. The highest BCUT2D eigenvalue weighted by molar-refractivity contribution is 5.91. The van der Waals surface area contributed by atoms with E-state index < -0.39 is 0 Å². The van der Waals surface area contributed by atoms with Crippen LogP contribution >= 0.6 is 0 Å². The Morgan fingerprint density at radius 1 is 1.17 bits per heavy atom. The van der Waals surface area contributed by atoms with Gasteiger partial charge in [-0.15, -0.1) is 0 Å². The number of fused-ring (bicyclic) bond motifs is 1. The van der Waals surface area contributed by atoms with Crippen LogP contribution in [-0.4, -0.2) is 39.5 Å². The van der Waals surface area contributed by atoms with Crippen LogP contribution in [0, 0.1) is 6.92 Å². The highest BCUT2D eigenvalue weighted by Gasteiger charge is 2.13. The zero-order valence-corrected chi connectivity index (χ0v) is 16.7. The van der Waals surface area contributed by atoms with Crippen molar-refractivity contribution in [2.75, 3.05) is 18.9 Å². The first-order valence-electron chi connectivity index (χ1n) is 9.48. The fraction of sp³-hybridized carbons (Fsp3) is 0.182. The van der Waals surface area contributed by atoms with E-state index in [2.05, 4.69) is 20.4 Å². The molecule has 4 rings (SSSR count). The van der Waals surface area contributed by atoms with Crippen LogP contribution in [-0.2, 0) is 11.3 Å². The molecule has 0 aliphatic heterocycles. The first kappa shape index (κ1) is 19.5. The van der Waals surface area contributed by atoms with Gasteiger partial charge in [-0.2, -0.15) is 0 Å². The van der Waals surface area contributed by atoms with Gasteiger partial charge in [0.2, 0.25) is 11.8 Å². The van der Waals surface area contributed by atoms with E-state index in [0.717, 1.165) is 11.1 Å². The molecule has 1 amide bonds. The molecule has 0 aliphatic rings. The van der Waals surface area contributed by atoms with E-state index in [1.807, 2.05) is 37.3 Å². The molecular formula is C22H21N5O3. The van der Waals surface area contributed by atoms with Gasteiger partial charge in [0.15, 0.2) is 0 Å². The molecule has 0 aliphatic carbocycles. The number of carbonyl (C=O) groups excluding carboxylic acids is 1. The molecule has 0 saturated carbocycles. The summed E-state index contributed by atoms with van der Waals surface area (Å²) in [5.41, 5.74) is 3.14. The van der Waals surface area contributed by atoms with Crippen LogP contribution in [0.1, 0.15) is 11.4 Å². The van der Waals surface area contributed by atoms with Crippen molar-refractivity contribution < 1.29 is 9.32 Å². The summed E-state index contributed by atoms with van der Waals surface area (Å²) >= 11 is 0. The normalized spacial score (nSPS) is 11.2. The molecule has 0 fully saturated rings. The molecule has 0 saturated heterocycles. The minimum absolute atomic E-state index is 0.0943. The Bertz CT molecular complexity index is 1240. The maximum absolute atomic E-state index is 12.3. The number of amides is 1. The standard InChI is InChI=1S/C22H21N5O3/c1-14-7-9-15(10-8-14)18-11-21(30-26-18)25-20(28)13-27(2)12-19-23-17-6-4-3-5-16(17)22(29)24-19/h3-11H,12-13H2,1-2H3,(H,25,28)(H,23,24,29). The Balaban J connectivity index is 1.37. The number of benzene rings is 2. The molecule has 2 aromatic carbocycles. The van der Waals surface area contributed by atoms with Gasteiger partial charge < -0.3 is 9.51 Å². The van der Waals surface area contributed by atoms with Gasteiger partial charge in [-0.05, 0) is 26.1 Å². The van der Waals surface area contributed by atoms with Crippen molar-refractivity contribution >= 4 is 22.7 Å². The molecule has 0 unspecified atom stereocenters. The third-order valence-corrected chi connectivity index (χ3v) is 4.62. The Morgan fingerprint density at radius 2 is 1.93 bits per heavy atom. The van der Waals surface area contributed by atoms with Gasteiger partial charge in [0.25, 0.3) is 5.56 Å². The molecule has 8 nitrogen and oxygen atoms in total. The lowest BCUT2D eigenvalue weighted by Crippen LogP contribution is -2.31. The Kier molecular flexibility index (Phi) is 5.40. The highest BCUT2D eigenvalue weighted by atomic mass is 16.5. The van der Waals surface area contributed by atoms with Crippen molar-refractivity contribution in [1.29, 1.82) is 0 Å². The number of hydrogen-bond acceptors (Lipinski definition) is 6. The fourth-order valence-corrected chi connectivity index (χ4v) is 3.14. The topological polar surface area (TPSA) is 104 Å². The minimum Gasteiger partial charge on any atom is -0.338 e. The second kappa shape index (κ2) is 8.30. The van der Waals surface area contributed by atoms with Gasteiger partial charge in [-0.3, -0.25) is 19.8 Å². The summed E-state index contributed by atoms with van der Waals surface area (Å²) in [5, 5.41) is 7.24. The molecular weight excluding hydrogens is 382 g/mol. The molecule has 2 N–H and O–H groups in total. The number of anilines is 1. The molecule has 152 valence electrons. The summed E-state index contributed by atoms with van der Waals surface area (Å²) in [6.45, 7) is 2.42. The number of carbonyl (C=O) groups is 1. The van der Waals surface area contributed by atoms with Gasteiger partial charge >= 0.3 is 0 Å². The number of rotatable bonds is 6. The second-order valence-corrected chi connectivity index (χ2v) is 7.19. The quantitative estimate of drug-likeness (QED) is 0.513. The Labute approximate surface area is 172 Å². The molecule has 8 heteroatoms. The summed E-state index contributed by atoms with van der Waals surface area (Å²) in [6, 6.07) is 16.7. The van der Waals surface area contributed by atoms with Crippen LogP contribution in [0.3, 0.4) is 0 Å². The summed E-state index contributed by atoms with van der Waals surface area (Å²) in [4.78, 5) is 33.5. The molecule has 0 radical (unpaired) electrons. The molecule has 4 aromatic rings. The second-order valence-electron chi connectivity index (χ2n) is 7.19. The van der Waals surface area contributed by atoms with E-state index in [1.165, 1.54) is 0 Å². The first-order chi connectivity index (χ1) is 14.5. The van der Waals surface area contributed by atoms with E-state index in [1.54, 1.807) is 36.2 Å². The third-order valence-electron chi connectivity index (χ3n) is 4.62. The van der Waals surface area contributed by atoms with Crippen LogP contribution in [0.15, 0.2) is 63.9 Å². The van der Waals surface area contributed by atoms with Gasteiger partial charge in [-0.1, -0.05) is 47.1 Å². The molecule has 0 atom stereocenters. The summed E-state index contributed by atoms with van der Waals surface area (Å²) in [6.07, 6.45) is 0. The molecule has 2 aromatic heterocycles. The monoisotopic (exact) mass is 403 g/mol. The van der Waals surface area contributed by atoms with Crippen molar-refractivity contribution in [3.05, 3.63) is 76.3 Å². The minimum atomic E-state index is -0.257. The van der Waals surface area contributed by atoms with Crippen LogP contribution in [0.5, 0.6) is 0 Å². The number of aromatic amines is 1. The van der Waals surface area contributed by atoms with Crippen LogP contribution in [0.25, 0.3) is 22.2 Å².